The van der Waals surface area contributed by atoms with Crippen LogP contribution >= 0.6 is 22.6 Å². The molecule has 6 heteroatoms. The molecule has 5 nitrogen and oxygen atoms in total. The molecule has 174 valence electrons. The molecule has 0 atom stereocenters. The molecule has 1 N–H and O–H groups in total. The lowest BCUT2D eigenvalue weighted by atomic mass is 10.1. The summed E-state index contributed by atoms with van der Waals surface area (Å²) in [6.45, 7) is 8.73. The molecule has 0 bridgehead atoms. The number of nitrogens with one attached hydrogen (secondary N) is 1. The zero-order valence-corrected chi connectivity index (χ0v) is 21.9. The number of nitrogens with zero attached hydrogens (tertiary/aromatic N) is 1. The van der Waals surface area contributed by atoms with Crippen molar-refractivity contribution >= 4 is 40.3 Å². The van der Waals surface area contributed by atoms with Crippen molar-refractivity contribution in [2.75, 3.05) is 11.9 Å². The number of hydrogen-bond acceptors (Lipinski definition) is 4. The maximum Gasteiger partial charge on any atom is 0.266 e. The van der Waals surface area contributed by atoms with Crippen molar-refractivity contribution < 1.29 is 14.3 Å². The van der Waals surface area contributed by atoms with Crippen LogP contribution in [0.1, 0.15) is 34.7 Å². The molecule has 0 fully saturated rings. The first-order valence-electron chi connectivity index (χ1n) is 11.0. The Kier molecular flexibility index (Phi) is 8.72. The second kappa shape index (κ2) is 11.7. The molecule has 3 aromatic rings. The SMILES string of the molecule is CCOc1cc(/C=C(/C#N)C(=O)Nc2cccc(C)c2C)cc(I)c1OCc1ccc(C)cc1. The van der Waals surface area contributed by atoms with Crippen LogP contribution in [-0.2, 0) is 11.4 Å². The zero-order chi connectivity index (χ0) is 24.7. The molecule has 3 rings (SSSR count). The van der Waals surface area contributed by atoms with E-state index in [2.05, 4.69) is 27.9 Å². The van der Waals surface area contributed by atoms with Gasteiger partial charge < -0.3 is 14.8 Å². The molecular weight excluding hydrogens is 539 g/mol. The van der Waals surface area contributed by atoms with Crippen molar-refractivity contribution in [2.45, 2.75) is 34.3 Å². The number of amides is 1. The lowest BCUT2D eigenvalue weighted by Crippen LogP contribution is -2.14. The minimum absolute atomic E-state index is 0.00692. The number of carbonyl (C=O) groups is 1. The number of halogens is 1. The number of hydrogen-bond donors (Lipinski definition) is 1. The highest BCUT2D eigenvalue weighted by atomic mass is 127. The van der Waals surface area contributed by atoms with E-state index in [1.807, 2.05) is 82.3 Å². The summed E-state index contributed by atoms with van der Waals surface area (Å²) in [5, 5.41) is 12.5. The van der Waals surface area contributed by atoms with Crippen LogP contribution in [0.2, 0.25) is 0 Å². The third-order valence-corrected chi connectivity index (χ3v) is 6.17. The van der Waals surface area contributed by atoms with E-state index >= 15 is 0 Å². The predicted molar refractivity (Wildman–Crippen MR) is 144 cm³/mol. The summed E-state index contributed by atoms with van der Waals surface area (Å²) in [7, 11) is 0. The molecule has 0 aromatic heterocycles. The maximum atomic E-state index is 12.8. The number of carbonyl (C=O) groups excluding carboxylic acids is 1. The van der Waals surface area contributed by atoms with Gasteiger partial charge in [-0.1, -0.05) is 42.0 Å². The van der Waals surface area contributed by atoms with Gasteiger partial charge in [0.2, 0.25) is 0 Å². The van der Waals surface area contributed by atoms with Gasteiger partial charge >= 0.3 is 0 Å². The van der Waals surface area contributed by atoms with Gasteiger partial charge in [0.25, 0.3) is 5.91 Å². The molecule has 0 saturated heterocycles. The first-order valence-corrected chi connectivity index (χ1v) is 12.0. The summed E-state index contributed by atoms with van der Waals surface area (Å²) in [6, 6.07) is 19.5. The summed E-state index contributed by atoms with van der Waals surface area (Å²) in [5.41, 5.74) is 5.67. The number of aryl methyl sites for hydroxylation is 2. The average molecular weight is 566 g/mol. The van der Waals surface area contributed by atoms with Gasteiger partial charge in [-0.25, -0.2) is 0 Å². The fraction of sp³-hybridized carbons (Fsp3) is 0.214. The average Bonchev–Trinajstić information content (AvgIpc) is 2.81. The Hall–Kier alpha value is -3.31. The Morgan fingerprint density at radius 3 is 2.50 bits per heavy atom. The molecule has 0 spiro atoms. The van der Waals surface area contributed by atoms with E-state index in [0.717, 1.165) is 20.3 Å². The van der Waals surface area contributed by atoms with Crippen LogP contribution in [0.4, 0.5) is 5.69 Å². The van der Waals surface area contributed by atoms with Gasteiger partial charge in [0.05, 0.1) is 10.2 Å². The molecule has 0 saturated carbocycles. The summed E-state index contributed by atoms with van der Waals surface area (Å²) >= 11 is 2.18. The van der Waals surface area contributed by atoms with Gasteiger partial charge in [0, 0.05) is 5.69 Å². The molecule has 3 aromatic carbocycles. The Morgan fingerprint density at radius 1 is 1.09 bits per heavy atom. The molecular formula is C28H27IN2O3. The molecule has 0 radical (unpaired) electrons. The topological polar surface area (TPSA) is 71.3 Å². The Morgan fingerprint density at radius 2 is 1.82 bits per heavy atom. The van der Waals surface area contributed by atoms with Gasteiger partial charge in [-0.2, -0.15) is 5.26 Å². The van der Waals surface area contributed by atoms with E-state index in [1.54, 1.807) is 12.1 Å². The van der Waals surface area contributed by atoms with Crippen molar-refractivity contribution in [3.8, 4) is 17.6 Å². The maximum absolute atomic E-state index is 12.8. The summed E-state index contributed by atoms with van der Waals surface area (Å²) in [4.78, 5) is 12.8. The van der Waals surface area contributed by atoms with E-state index in [9.17, 15) is 10.1 Å². The van der Waals surface area contributed by atoms with Gasteiger partial charge in [-0.15, -0.1) is 0 Å². The third kappa shape index (κ3) is 6.39. The third-order valence-electron chi connectivity index (χ3n) is 5.36. The number of anilines is 1. The lowest BCUT2D eigenvalue weighted by molar-refractivity contribution is -0.112. The summed E-state index contributed by atoms with van der Waals surface area (Å²) in [5.74, 6) is 0.752. The number of benzene rings is 3. The molecule has 0 heterocycles. The summed E-state index contributed by atoms with van der Waals surface area (Å²) < 4.78 is 12.7. The van der Waals surface area contributed by atoms with E-state index in [4.69, 9.17) is 9.47 Å². The van der Waals surface area contributed by atoms with E-state index in [1.165, 1.54) is 5.56 Å². The lowest BCUT2D eigenvalue weighted by Gasteiger charge is -2.15. The van der Waals surface area contributed by atoms with Crippen LogP contribution in [0, 0.1) is 35.7 Å². The standard InChI is InChI=1S/C28H27IN2O3/c1-5-33-26-15-22(14-24(29)27(26)34-17-21-11-9-18(2)10-12-21)13-23(16-30)28(32)31-25-8-6-7-19(3)20(25)4/h6-15H,5,17H2,1-4H3,(H,31,32)/b23-13-. The summed E-state index contributed by atoms with van der Waals surface area (Å²) in [6.07, 6.45) is 1.56. The fourth-order valence-corrected chi connectivity index (χ4v) is 4.09. The van der Waals surface area contributed by atoms with Crippen LogP contribution in [0.15, 0.2) is 60.2 Å². The molecule has 0 aliphatic carbocycles. The number of ether oxygens (including phenoxy) is 2. The second-order valence-corrected chi connectivity index (χ2v) is 9.07. The normalized spacial score (nSPS) is 11.0. The van der Waals surface area contributed by atoms with Crippen LogP contribution in [-0.4, -0.2) is 12.5 Å². The van der Waals surface area contributed by atoms with Crippen molar-refractivity contribution in [1.29, 1.82) is 5.26 Å². The zero-order valence-electron chi connectivity index (χ0n) is 19.7. The second-order valence-electron chi connectivity index (χ2n) is 7.91. The number of nitriles is 1. The Labute approximate surface area is 214 Å². The highest BCUT2D eigenvalue weighted by Crippen LogP contribution is 2.35. The van der Waals surface area contributed by atoms with Gasteiger partial charge in [0.1, 0.15) is 18.2 Å². The van der Waals surface area contributed by atoms with Gasteiger partial charge in [-0.05, 0) is 96.8 Å². The quantitative estimate of drug-likeness (QED) is 0.186. The largest absolute Gasteiger partial charge is 0.490 e. The Bertz CT molecular complexity index is 1260. The smallest absolute Gasteiger partial charge is 0.266 e. The minimum Gasteiger partial charge on any atom is -0.490 e. The molecule has 0 aliphatic rings. The van der Waals surface area contributed by atoms with Crippen LogP contribution in [0.3, 0.4) is 0 Å². The molecule has 0 unspecified atom stereocenters. The van der Waals surface area contributed by atoms with E-state index < -0.39 is 5.91 Å². The molecule has 1 amide bonds. The highest BCUT2D eigenvalue weighted by Gasteiger charge is 2.15. The van der Waals surface area contributed by atoms with Crippen LogP contribution in [0.5, 0.6) is 11.5 Å². The fourth-order valence-electron chi connectivity index (χ4n) is 3.31. The van der Waals surface area contributed by atoms with Crippen LogP contribution < -0.4 is 14.8 Å². The van der Waals surface area contributed by atoms with Crippen molar-refractivity contribution in [1.82, 2.24) is 0 Å². The predicted octanol–water partition coefficient (Wildman–Crippen LogP) is 6.74. The van der Waals surface area contributed by atoms with Gasteiger partial charge in [0.15, 0.2) is 11.5 Å². The first-order chi connectivity index (χ1) is 16.3. The van der Waals surface area contributed by atoms with Crippen LogP contribution in [0.25, 0.3) is 6.08 Å². The monoisotopic (exact) mass is 566 g/mol. The minimum atomic E-state index is -0.455. The Balaban J connectivity index is 1.86. The van der Waals surface area contributed by atoms with Crippen molar-refractivity contribution in [3.63, 3.8) is 0 Å². The molecule has 34 heavy (non-hydrogen) atoms. The van der Waals surface area contributed by atoms with Gasteiger partial charge in [-0.3, -0.25) is 4.79 Å². The van der Waals surface area contributed by atoms with Crippen molar-refractivity contribution in [3.05, 3.63) is 91.6 Å². The highest BCUT2D eigenvalue weighted by molar-refractivity contribution is 14.1. The number of rotatable bonds is 8. The molecule has 0 aliphatic heterocycles. The van der Waals surface area contributed by atoms with E-state index in [-0.39, 0.29) is 5.57 Å². The van der Waals surface area contributed by atoms with E-state index in [0.29, 0.717) is 36.0 Å². The van der Waals surface area contributed by atoms with Crippen molar-refractivity contribution in [2.24, 2.45) is 0 Å². The first kappa shape index (κ1) is 25.3.